The molecule has 28 heavy (non-hydrogen) atoms. The van der Waals surface area contributed by atoms with Crippen LogP contribution in [0.5, 0.6) is 0 Å². The molecular formula is C18H26F3N3O3S. The number of amides is 1. The van der Waals surface area contributed by atoms with Crippen molar-refractivity contribution in [3.63, 3.8) is 0 Å². The Morgan fingerprint density at radius 1 is 1.21 bits per heavy atom. The van der Waals surface area contributed by atoms with Crippen LogP contribution in [-0.2, 0) is 10.0 Å². The zero-order chi connectivity index (χ0) is 21.1. The molecule has 1 aromatic rings. The third-order valence-electron chi connectivity index (χ3n) is 4.99. The summed E-state index contributed by atoms with van der Waals surface area (Å²) in [6, 6.07) is 5.23. The number of likely N-dealkylation sites (tertiary alicyclic amines) is 1. The highest BCUT2D eigenvalue weighted by molar-refractivity contribution is 7.89. The van der Waals surface area contributed by atoms with Crippen molar-refractivity contribution in [3.8, 4) is 0 Å². The van der Waals surface area contributed by atoms with E-state index in [2.05, 4.69) is 18.7 Å². The van der Waals surface area contributed by atoms with Gasteiger partial charge in [0, 0.05) is 24.7 Å². The summed E-state index contributed by atoms with van der Waals surface area (Å²) in [7, 11) is -2.21. The Balaban J connectivity index is 2.04. The first-order valence-electron chi connectivity index (χ1n) is 9.09. The molecule has 1 amide bonds. The predicted octanol–water partition coefficient (Wildman–Crippen LogP) is 2.47. The third kappa shape index (κ3) is 5.68. The molecule has 0 unspecified atom stereocenters. The molecule has 0 aromatic heterocycles. The fourth-order valence-corrected chi connectivity index (χ4v) is 4.61. The molecule has 0 saturated carbocycles. The summed E-state index contributed by atoms with van der Waals surface area (Å²) < 4.78 is 63.6. The molecule has 6 nitrogen and oxygen atoms in total. The van der Waals surface area contributed by atoms with Gasteiger partial charge in [0.2, 0.25) is 10.0 Å². The van der Waals surface area contributed by atoms with Crippen LogP contribution < -0.4 is 5.32 Å². The van der Waals surface area contributed by atoms with Gasteiger partial charge in [-0.2, -0.15) is 17.5 Å². The molecular weight excluding hydrogens is 395 g/mol. The average Bonchev–Trinajstić information content (AvgIpc) is 2.65. The van der Waals surface area contributed by atoms with Crippen LogP contribution in [-0.4, -0.2) is 68.5 Å². The zero-order valence-corrected chi connectivity index (χ0v) is 17.0. The molecule has 1 aromatic carbocycles. The van der Waals surface area contributed by atoms with E-state index < -0.39 is 28.7 Å². The van der Waals surface area contributed by atoms with Gasteiger partial charge in [0.25, 0.3) is 5.91 Å². The second kappa shape index (κ2) is 8.79. The molecule has 1 saturated heterocycles. The normalized spacial score (nSPS) is 17.3. The van der Waals surface area contributed by atoms with Crippen molar-refractivity contribution in [1.29, 1.82) is 0 Å². The van der Waals surface area contributed by atoms with Gasteiger partial charge < -0.3 is 10.2 Å². The van der Waals surface area contributed by atoms with Crippen LogP contribution in [0.1, 0.15) is 37.0 Å². The van der Waals surface area contributed by atoms with E-state index in [4.69, 9.17) is 0 Å². The molecule has 0 aliphatic carbocycles. The molecule has 0 spiro atoms. The van der Waals surface area contributed by atoms with Crippen molar-refractivity contribution in [2.45, 2.75) is 49.8 Å². The Hall–Kier alpha value is -1.65. The Kier molecular flexibility index (Phi) is 7.11. The molecule has 1 aliphatic heterocycles. The first kappa shape index (κ1) is 22.6. The molecule has 1 aliphatic rings. The van der Waals surface area contributed by atoms with Crippen LogP contribution in [0, 0.1) is 0 Å². The molecule has 158 valence electrons. The van der Waals surface area contributed by atoms with E-state index in [1.165, 1.54) is 35.6 Å². The van der Waals surface area contributed by atoms with Gasteiger partial charge in [-0.25, -0.2) is 8.42 Å². The summed E-state index contributed by atoms with van der Waals surface area (Å²) in [5.41, 5.74) is -0.0314. The van der Waals surface area contributed by atoms with E-state index in [1.807, 2.05) is 0 Å². The quantitative estimate of drug-likeness (QED) is 0.766. The number of hydrogen-bond acceptors (Lipinski definition) is 4. The van der Waals surface area contributed by atoms with E-state index in [9.17, 15) is 26.4 Å². The van der Waals surface area contributed by atoms with Gasteiger partial charge in [-0.05, 0) is 64.0 Å². The number of carbonyl (C=O) groups is 1. The Morgan fingerprint density at radius 3 is 2.21 bits per heavy atom. The summed E-state index contributed by atoms with van der Waals surface area (Å²) in [6.45, 7) is 4.41. The predicted molar refractivity (Wildman–Crippen MR) is 99.5 cm³/mol. The minimum Gasteiger partial charge on any atom is -0.343 e. The van der Waals surface area contributed by atoms with Gasteiger partial charge in [-0.3, -0.25) is 4.79 Å². The Labute approximate surface area is 163 Å². The number of halogens is 3. The maximum absolute atomic E-state index is 12.8. The molecule has 0 bridgehead atoms. The molecule has 0 radical (unpaired) electrons. The summed E-state index contributed by atoms with van der Waals surface area (Å²) in [6.07, 6.45) is -3.05. The highest BCUT2D eigenvalue weighted by Crippen LogP contribution is 2.24. The van der Waals surface area contributed by atoms with Crippen molar-refractivity contribution in [1.82, 2.24) is 14.5 Å². The summed E-state index contributed by atoms with van der Waals surface area (Å²) in [5, 5.41) is 1.76. The Bertz CT molecular complexity index is 772. The third-order valence-corrected chi connectivity index (χ3v) is 6.91. The van der Waals surface area contributed by atoms with E-state index >= 15 is 0 Å². The summed E-state index contributed by atoms with van der Waals surface area (Å²) in [5.74, 6) is -0.907. The first-order valence-corrected chi connectivity index (χ1v) is 10.5. The van der Waals surface area contributed by atoms with Gasteiger partial charge >= 0.3 is 6.18 Å². The highest BCUT2D eigenvalue weighted by Gasteiger charge is 2.32. The van der Waals surface area contributed by atoms with Crippen molar-refractivity contribution in [2.24, 2.45) is 0 Å². The van der Waals surface area contributed by atoms with Gasteiger partial charge in [-0.1, -0.05) is 0 Å². The Morgan fingerprint density at radius 2 is 1.75 bits per heavy atom. The van der Waals surface area contributed by atoms with E-state index in [1.54, 1.807) is 5.32 Å². The number of carbonyl (C=O) groups excluding carboxylic acids is 1. The number of nitrogens with one attached hydrogen (secondary N) is 1. The number of rotatable bonds is 6. The molecule has 1 heterocycles. The fraction of sp³-hybridized carbons (Fsp3) is 0.611. The molecule has 0 atom stereocenters. The molecule has 1 fully saturated rings. The molecule has 1 N–H and O–H groups in total. The van der Waals surface area contributed by atoms with Gasteiger partial charge in [0.15, 0.2) is 0 Å². The van der Waals surface area contributed by atoms with Crippen molar-refractivity contribution in [3.05, 3.63) is 29.8 Å². The van der Waals surface area contributed by atoms with Crippen LogP contribution in [0.2, 0.25) is 0 Å². The average molecular weight is 421 g/mol. The number of sulfonamides is 1. The number of piperidine rings is 1. The van der Waals surface area contributed by atoms with E-state index in [0.29, 0.717) is 6.04 Å². The number of hydrogen-bond donors (Lipinski definition) is 1. The van der Waals surface area contributed by atoms with E-state index in [-0.39, 0.29) is 16.5 Å². The van der Waals surface area contributed by atoms with Crippen LogP contribution in [0.3, 0.4) is 0 Å². The van der Waals surface area contributed by atoms with Crippen molar-refractivity contribution < 1.29 is 26.4 Å². The van der Waals surface area contributed by atoms with Gasteiger partial charge in [-0.15, -0.1) is 0 Å². The molecule has 2 rings (SSSR count). The first-order chi connectivity index (χ1) is 12.9. The lowest BCUT2D eigenvalue weighted by Gasteiger charge is -2.37. The minimum atomic E-state index is -4.51. The monoisotopic (exact) mass is 421 g/mol. The largest absolute Gasteiger partial charge is 0.405 e. The minimum absolute atomic E-state index is 0.00802. The number of benzene rings is 1. The lowest BCUT2D eigenvalue weighted by molar-refractivity contribution is -0.123. The second-order valence-corrected chi connectivity index (χ2v) is 9.20. The van der Waals surface area contributed by atoms with Gasteiger partial charge in [0.1, 0.15) is 6.54 Å². The van der Waals surface area contributed by atoms with Crippen LogP contribution in [0.25, 0.3) is 0 Å². The maximum Gasteiger partial charge on any atom is 0.405 e. The highest BCUT2D eigenvalue weighted by atomic mass is 32.2. The van der Waals surface area contributed by atoms with E-state index in [0.717, 1.165) is 25.9 Å². The van der Waals surface area contributed by atoms with Gasteiger partial charge in [0.05, 0.1) is 4.90 Å². The zero-order valence-electron chi connectivity index (χ0n) is 16.2. The standard InChI is InChI=1S/C18H26F3N3O3S/c1-13(2)24-10-8-15(9-11-24)23(3)28(26,27)16-6-4-14(5-7-16)17(25)22-12-18(19,20)21/h4-7,13,15H,8-12H2,1-3H3,(H,22,25). The van der Waals surface area contributed by atoms with Crippen LogP contribution >= 0.6 is 0 Å². The van der Waals surface area contributed by atoms with Crippen molar-refractivity contribution >= 4 is 15.9 Å². The maximum atomic E-state index is 12.8. The SMILES string of the molecule is CC(C)N1CCC(N(C)S(=O)(=O)c2ccc(C(=O)NCC(F)(F)F)cc2)CC1. The summed E-state index contributed by atoms with van der Waals surface area (Å²) in [4.78, 5) is 14.0. The van der Waals surface area contributed by atoms with Crippen molar-refractivity contribution in [2.75, 3.05) is 26.7 Å². The molecule has 10 heteroatoms. The lowest BCUT2D eigenvalue weighted by atomic mass is 10.0. The topological polar surface area (TPSA) is 69.7 Å². The second-order valence-electron chi connectivity index (χ2n) is 7.20. The van der Waals surface area contributed by atoms with Crippen LogP contribution in [0.4, 0.5) is 13.2 Å². The summed E-state index contributed by atoms with van der Waals surface area (Å²) >= 11 is 0. The smallest absolute Gasteiger partial charge is 0.343 e. The number of nitrogens with zero attached hydrogens (tertiary/aromatic N) is 2. The number of alkyl halides is 3. The fourth-order valence-electron chi connectivity index (χ4n) is 3.19. The lowest BCUT2D eigenvalue weighted by Crippen LogP contribution is -2.47. The van der Waals surface area contributed by atoms with Crippen LogP contribution in [0.15, 0.2) is 29.2 Å².